The van der Waals surface area contributed by atoms with Crippen molar-refractivity contribution in [3.05, 3.63) is 34.8 Å². The highest BCUT2D eigenvalue weighted by atomic mass is 35.5. The first kappa shape index (κ1) is 9.36. The van der Waals surface area contributed by atoms with E-state index in [0.29, 0.717) is 11.0 Å². The lowest BCUT2D eigenvalue weighted by Gasteiger charge is -2.01. The van der Waals surface area contributed by atoms with Crippen LogP contribution in [-0.4, -0.2) is 5.11 Å². The summed E-state index contributed by atoms with van der Waals surface area (Å²) in [6.07, 6.45) is 1.01. The van der Waals surface area contributed by atoms with Gasteiger partial charge in [0.05, 0.1) is 0 Å². The van der Waals surface area contributed by atoms with Crippen molar-refractivity contribution in [1.82, 2.24) is 0 Å². The average molecular weight is 187 g/mol. The smallest absolute Gasteiger partial charge is 0.193 e. The lowest BCUT2D eigenvalue weighted by molar-refractivity contribution is 0.196. The summed E-state index contributed by atoms with van der Waals surface area (Å²) < 4.78 is 5.02. The number of aliphatic hydroxyl groups is 1. The van der Waals surface area contributed by atoms with Gasteiger partial charge in [0, 0.05) is 0 Å². The second-order valence-electron chi connectivity index (χ2n) is 2.83. The summed E-state index contributed by atoms with van der Waals surface area (Å²) in [5.74, 6) is 0.473. The van der Waals surface area contributed by atoms with Crippen LogP contribution in [0.5, 0.6) is 0 Å². The fraction of sp³-hybridized carbons (Fsp3) is 0.333. The summed E-state index contributed by atoms with van der Waals surface area (Å²) in [6, 6.07) is 3.27. The molecule has 0 aromatic carbocycles. The molecular weight excluding hydrogens is 176 g/mol. The van der Waals surface area contributed by atoms with Crippen LogP contribution in [0.3, 0.4) is 0 Å². The van der Waals surface area contributed by atoms with Gasteiger partial charge in [-0.2, -0.15) is 0 Å². The van der Waals surface area contributed by atoms with E-state index in [-0.39, 0.29) is 0 Å². The topological polar surface area (TPSA) is 33.4 Å². The van der Waals surface area contributed by atoms with Crippen LogP contribution in [-0.2, 0) is 0 Å². The van der Waals surface area contributed by atoms with Gasteiger partial charge in [-0.3, -0.25) is 0 Å². The maximum atomic E-state index is 9.48. The summed E-state index contributed by atoms with van der Waals surface area (Å²) >= 11 is 5.54. The molecule has 3 heteroatoms. The zero-order valence-corrected chi connectivity index (χ0v) is 7.80. The molecule has 1 rings (SSSR count). The van der Waals surface area contributed by atoms with Crippen LogP contribution in [0.15, 0.2) is 28.2 Å². The molecule has 1 aromatic heterocycles. The van der Waals surface area contributed by atoms with E-state index < -0.39 is 6.10 Å². The van der Waals surface area contributed by atoms with Gasteiger partial charge in [0.25, 0.3) is 0 Å². The van der Waals surface area contributed by atoms with E-state index >= 15 is 0 Å². The fourth-order valence-electron chi connectivity index (χ4n) is 0.885. The second-order valence-corrected chi connectivity index (χ2v) is 3.20. The molecule has 66 valence electrons. The quantitative estimate of drug-likeness (QED) is 0.721. The molecule has 0 radical (unpaired) electrons. The number of allylic oxidation sites excluding steroid dienone is 1. The first-order valence-corrected chi connectivity index (χ1v) is 4.05. The molecule has 1 unspecified atom stereocenters. The first-order chi connectivity index (χ1) is 5.59. The summed E-state index contributed by atoms with van der Waals surface area (Å²) in [6.45, 7) is 3.82. The molecule has 0 fully saturated rings. The Balaban J connectivity index is 2.78. The Morgan fingerprint density at radius 3 is 2.67 bits per heavy atom. The molecule has 0 aliphatic carbocycles. The van der Waals surface area contributed by atoms with Crippen molar-refractivity contribution in [3.8, 4) is 0 Å². The van der Waals surface area contributed by atoms with Gasteiger partial charge in [0.15, 0.2) is 5.22 Å². The third-order valence-corrected chi connectivity index (χ3v) is 1.58. The van der Waals surface area contributed by atoms with E-state index in [4.69, 9.17) is 16.0 Å². The van der Waals surface area contributed by atoms with Gasteiger partial charge in [-0.05, 0) is 43.7 Å². The molecule has 1 N–H and O–H groups in total. The number of furan rings is 1. The number of halogens is 1. The molecule has 0 bridgehead atoms. The van der Waals surface area contributed by atoms with E-state index in [2.05, 4.69) is 0 Å². The predicted molar refractivity (Wildman–Crippen MR) is 48.1 cm³/mol. The van der Waals surface area contributed by atoms with Crippen LogP contribution in [0, 0.1) is 0 Å². The van der Waals surface area contributed by atoms with Crippen molar-refractivity contribution < 1.29 is 9.52 Å². The van der Waals surface area contributed by atoms with Crippen LogP contribution in [0.2, 0.25) is 5.22 Å². The molecule has 0 aliphatic rings. The molecule has 2 nitrogen and oxygen atoms in total. The van der Waals surface area contributed by atoms with Crippen LogP contribution in [0.25, 0.3) is 0 Å². The molecule has 0 saturated carbocycles. The normalized spacial score (nSPS) is 12.7. The zero-order chi connectivity index (χ0) is 9.14. The standard InChI is InChI=1S/C9H11ClO2/c1-6(2)5-7(11)8-3-4-9(10)12-8/h3-5,7,11H,1-2H3. The minimum absolute atomic E-state index is 0.297. The Hall–Kier alpha value is -0.730. The Kier molecular flexibility index (Phi) is 2.95. The summed E-state index contributed by atoms with van der Waals surface area (Å²) in [4.78, 5) is 0. The molecule has 0 amide bonds. The number of rotatable bonds is 2. The first-order valence-electron chi connectivity index (χ1n) is 3.68. The fourth-order valence-corrected chi connectivity index (χ4v) is 1.04. The van der Waals surface area contributed by atoms with Gasteiger partial charge in [0.2, 0.25) is 0 Å². The Bertz CT molecular complexity index is 284. The molecule has 0 aliphatic heterocycles. The molecule has 1 heterocycles. The molecule has 1 aromatic rings. The van der Waals surface area contributed by atoms with Gasteiger partial charge in [-0.1, -0.05) is 5.57 Å². The highest BCUT2D eigenvalue weighted by molar-refractivity contribution is 6.28. The average Bonchev–Trinajstić information content (AvgIpc) is 2.34. The van der Waals surface area contributed by atoms with Crippen molar-refractivity contribution in [2.75, 3.05) is 0 Å². The number of aliphatic hydroxyl groups excluding tert-OH is 1. The van der Waals surface area contributed by atoms with Gasteiger partial charge >= 0.3 is 0 Å². The molecule has 12 heavy (non-hydrogen) atoms. The van der Waals surface area contributed by atoms with E-state index in [1.54, 1.807) is 18.2 Å². The third kappa shape index (κ3) is 2.40. The zero-order valence-electron chi connectivity index (χ0n) is 7.04. The second kappa shape index (κ2) is 3.78. The predicted octanol–water partition coefficient (Wildman–Crippen LogP) is 2.93. The summed E-state index contributed by atoms with van der Waals surface area (Å²) in [7, 11) is 0. The largest absolute Gasteiger partial charge is 0.447 e. The molecule has 0 saturated heterocycles. The molecule has 0 spiro atoms. The summed E-state index contributed by atoms with van der Waals surface area (Å²) in [5, 5.41) is 9.77. The lowest BCUT2D eigenvalue weighted by atomic mass is 10.2. The van der Waals surface area contributed by atoms with Gasteiger partial charge in [-0.25, -0.2) is 0 Å². The molecular formula is C9H11ClO2. The van der Waals surface area contributed by atoms with Crippen molar-refractivity contribution in [2.45, 2.75) is 20.0 Å². The van der Waals surface area contributed by atoms with Crippen LogP contribution >= 0.6 is 11.6 Å². The van der Waals surface area contributed by atoms with Crippen molar-refractivity contribution in [3.63, 3.8) is 0 Å². The van der Waals surface area contributed by atoms with Gasteiger partial charge in [0.1, 0.15) is 11.9 Å². The van der Waals surface area contributed by atoms with Crippen molar-refractivity contribution >= 4 is 11.6 Å². The summed E-state index contributed by atoms with van der Waals surface area (Å²) in [5.41, 5.74) is 1.04. The van der Waals surface area contributed by atoms with E-state index in [1.165, 1.54) is 0 Å². The van der Waals surface area contributed by atoms with E-state index in [1.807, 2.05) is 13.8 Å². The van der Waals surface area contributed by atoms with E-state index in [0.717, 1.165) is 5.57 Å². The minimum atomic E-state index is -0.692. The minimum Gasteiger partial charge on any atom is -0.447 e. The van der Waals surface area contributed by atoms with Crippen LogP contribution in [0.4, 0.5) is 0 Å². The van der Waals surface area contributed by atoms with Gasteiger partial charge in [-0.15, -0.1) is 0 Å². The monoisotopic (exact) mass is 186 g/mol. The van der Waals surface area contributed by atoms with Crippen molar-refractivity contribution in [2.24, 2.45) is 0 Å². The van der Waals surface area contributed by atoms with Crippen molar-refractivity contribution in [1.29, 1.82) is 0 Å². The third-order valence-electron chi connectivity index (χ3n) is 1.38. The Morgan fingerprint density at radius 1 is 1.58 bits per heavy atom. The maximum Gasteiger partial charge on any atom is 0.193 e. The Morgan fingerprint density at radius 2 is 2.25 bits per heavy atom. The number of hydrogen-bond acceptors (Lipinski definition) is 2. The van der Waals surface area contributed by atoms with Gasteiger partial charge < -0.3 is 9.52 Å². The highest BCUT2D eigenvalue weighted by Crippen LogP contribution is 2.21. The SMILES string of the molecule is CC(C)=CC(O)c1ccc(Cl)o1. The van der Waals surface area contributed by atoms with E-state index in [9.17, 15) is 5.11 Å². The number of hydrogen-bond donors (Lipinski definition) is 1. The molecule has 1 atom stereocenters. The highest BCUT2D eigenvalue weighted by Gasteiger charge is 2.07. The van der Waals surface area contributed by atoms with Crippen LogP contribution < -0.4 is 0 Å². The van der Waals surface area contributed by atoms with Crippen LogP contribution in [0.1, 0.15) is 25.7 Å². The maximum absolute atomic E-state index is 9.48. The lowest BCUT2D eigenvalue weighted by Crippen LogP contribution is -1.90. The Labute approximate surface area is 76.5 Å².